The molecule has 4 heteroatoms. The number of carboxylic acid groups (broad SMARTS) is 1. The van der Waals surface area contributed by atoms with Gasteiger partial charge >= 0.3 is 5.97 Å². The first-order chi connectivity index (χ1) is 8.60. The summed E-state index contributed by atoms with van der Waals surface area (Å²) in [4.78, 5) is 10.9. The Morgan fingerprint density at radius 1 is 1.50 bits per heavy atom. The van der Waals surface area contributed by atoms with E-state index in [1.165, 1.54) is 12.1 Å². The van der Waals surface area contributed by atoms with Crippen molar-refractivity contribution in [3.8, 4) is 23.8 Å². The number of aromatic carboxylic acids is 1. The molecule has 2 N–H and O–H groups in total. The van der Waals surface area contributed by atoms with Gasteiger partial charge in [-0.05, 0) is 25.0 Å². The molecule has 0 saturated carbocycles. The lowest BCUT2D eigenvalue weighted by Crippen LogP contribution is -2.03. The van der Waals surface area contributed by atoms with Crippen LogP contribution in [0.2, 0.25) is 0 Å². The molecule has 1 rings (SSSR count). The van der Waals surface area contributed by atoms with Crippen molar-refractivity contribution in [2.45, 2.75) is 26.2 Å². The van der Waals surface area contributed by atoms with Crippen LogP contribution in [0, 0.1) is 12.3 Å². The average Bonchev–Trinajstić information content (AvgIpc) is 2.34. The summed E-state index contributed by atoms with van der Waals surface area (Å²) in [5.74, 6) is 1.49. The molecule has 0 atom stereocenters. The Balaban J connectivity index is 3.13. The Bertz CT molecular complexity index is 471. The molecule has 0 bridgehead atoms. The number of phenols is 1. The first-order valence-electron chi connectivity index (χ1n) is 5.75. The molecule has 0 heterocycles. The van der Waals surface area contributed by atoms with Crippen molar-refractivity contribution in [2.75, 3.05) is 6.61 Å². The summed E-state index contributed by atoms with van der Waals surface area (Å²) in [5, 5.41) is 18.8. The Morgan fingerprint density at radius 3 is 2.78 bits per heavy atom. The molecule has 1 aromatic rings. The van der Waals surface area contributed by atoms with Crippen LogP contribution in [0.3, 0.4) is 0 Å². The third kappa shape index (κ3) is 3.42. The predicted molar refractivity (Wildman–Crippen MR) is 68.0 cm³/mol. The number of benzene rings is 1. The zero-order chi connectivity index (χ0) is 13.5. The van der Waals surface area contributed by atoms with Crippen molar-refractivity contribution in [2.24, 2.45) is 0 Å². The van der Waals surface area contributed by atoms with Gasteiger partial charge in [0.25, 0.3) is 0 Å². The van der Waals surface area contributed by atoms with Crippen LogP contribution in [0.1, 0.15) is 35.7 Å². The second kappa shape index (κ2) is 6.55. The third-order valence-corrected chi connectivity index (χ3v) is 2.52. The van der Waals surface area contributed by atoms with Crippen LogP contribution in [0.25, 0.3) is 0 Å². The van der Waals surface area contributed by atoms with Gasteiger partial charge in [-0.2, -0.15) is 0 Å². The first kappa shape index (κ1) is 13.9. The van der Waals surface area contributed by atoms with Gasteiger partial charge in [0.05, 0.1) is 5.56 Å². The van der Waals surface area contributed by atoms with Gasteiger partial charge in [-0.15, -0.1) is 6.42 Å². The number of ether oxygens (including phenoxy) is 1. The average molecular weight is 248 g/mol. The van der Waals surface area contributed by atoms with E-state index in [0.717, 1.165) is 12.8 Å². The third-order valence-electron chi connectivity index (χ3n) is 2.52. The second-order valence-electron chi connectivity index (χ2n) is 3.87. The normalized spacial score (nSPS) is 9.78. The zero-order valence-corrected chi connectivity index (χ0v) is 10.3. The highest BCUT2D eigenvalue weighted by molar-refractivity contribution is 5.89. The van der Waals surface area contributed by atoms with E-state index >= 15 is 0 Å². The molecule has 0 unspecified atom stereocenters. The van der Waals surface area contributed by atoms with E-state index < -0.39 is 5.97 Å². The van der Waals surface area contributed by atoms with E-state index in [-0.39, 0.29) is 17.9 Å². The van der Waals surface area contributed by atoms with Crippen molar-refractivity contribution < 1.29 is 19.7 Å². The van der Waals surface area contributed by atoms with E-state index in [9.17, 15) is 9.90 Å². The molecule has 0 fully saturated rings. The quantitative estimate of drug-likeness (QED) is 0.759. The summed E-state index contributed by atoms with van der Waals surface area (Å²) in [6.45, 7) is 2.08. The highest BCUT2D eigenvalue weighted by atomic mass is 16.5. The number of carboxylic acids is 1. The molecule has 0 amide bonds. The first-order valence-corrected chi connectivity index (χ1v) is 5.75. The Morgan fingerprint density at radius 2 is 2.22 bits per heavy atom. The predicted octanol–water partition coefficient (Wildman–Crippen LogP) is 2.45. The lowest BCUT2D eigenvalue weighted by atomic mass is 10.0. The number of hydrogen-bond donors (Lipinski definition) is 2. The number of carbonyl (C=O) groups is 1. The molecule has 18 heavy (non-hydrogen) atoms. The fourth-order valence-corrected chi connectivity index (χ4v) is 1.61. The molecule has 96 valence electrons. The molecule has 4 nitrogen and oxygen atoms in total. The summed E-state index contributed by atoms with van der Waals surface area (Å²) in [6.07, 6.45) is 7.58. The fourth-order valence-electron chi connectivity index (χ4n) is 1.61. The molecule has 0 aromatic heterocycles. The minimum absolute atomic E-state index is 0.0141. The lowest BCUT2D eigenvalue weighted by Gasteiger charge is -2.12. The Hall–Kier alpha value is -2.15. The number of phenolic OH excluding ortho intramolecular Hbond substituents is 1. The van der Waals surface area contributed by atoms with Gasteiger partial charge in [0.15, 0.2) is 0 Å². The molecule has 0 saturated heterocycles. The van der Waals surface area contributed by atoms with Crippen LogP contribution < -0.4 is 4.74 Å². The number of hydrogen-bond acceptors (Lipinski definition) is 3. The van der Waals surface area contributed by atoms with E-state index in [2.05, 4.69) is 5.92 Å². The summed E-state index contributed by atoms with van der Waals surface area (Å²) in [7, 11) is 0. The topological polar surface area (TPSA) is 66.8 Å². The fraction of sp³-hybridized carbons (Fsp3) is 0.357. The van der Waals surface area contributed by atoms with Crippen LogP contribution in [0.4, 0.5) is 0 Å². The van der Waals surface area contributed by atoms with Gasteiger partial charge in [0, 0.05) is 5.56 Å². The minimum atomic E-state index is -1.11. The van der Waals surface area contributed by atoms with Crippen LogP contribution in [0.5, 0.6) is 11.5 Å². The lowest BCUT2D eigenvalue weighted by molar-refractivity contribution is 0.0696. The van der Waals surface area contributed by atoms with Crippen molar-refractivity contribution >= 4 is 5.97 Å². The molecule has 0 spiro atoms. The van der Waals surface area contributed by atoms with Gasteiger partial charge < -0.3 is 14.9 Å². The van der Waals surface area contributed by atoms with Crippen molar-refractivity contribution in [3.05, 3.63) is 23.3 Å². The van der Waals surface area contributed by atoms with Crippen molar-refractivity contribution in [3.63, 3.8) is 0 Å². The van der Waals surface area contributed by atoms with Crippen LogP contribution in [-0.4, -0.2) is 22.8 Å². The smallest absolute Gasteiger partial charge is 0.335 e. The minimum Gasteiger partial charge on any atom is -0.508 e. The number of aromatic hydroxyl groups is 1. The van der Waals surface area contributed by atoms with Crippen LogP contribution in [-0.2, 0) is 6.42 Å². The Kier molecular flexibility index (Phi) is 5.06. The van der Waals surface area contributed by atoms with Gasteiger partial charge in [-0.1, -0.05) is 19.3 Å². The maximum absolute atomic E-state index is 10.9. The summed E-state index contributed by atoms with van der Waals surface area (Å²) in [5.41, 5.74) is 0.594. The SMILES string of the molecule is C#CCOc1cc(C(=O)O)cc(O)c1CCCC. The summed E-state index contributed by atoms with van der Waals surface area (Å²) < 4.78 is 5.30. The highest BCUT2D eigenvalue weighted by Gasteiger charge is 2.14. The van der Waals surface area contributed by atoms with E-state index in [4.69, 9.17) is 16.3 Å². The van der Waals surface area contributed by atoms with E-state index in [0.29, 0.717) is 17.7 Å². The molecule has 0 aliphatic heterocycles. The second-order valence-corrected chi connectivity index (χ2v) is 3.87. The molecular weight excluding hydrogens is 232 g/mol. The van der Waals surface area contributed by atoms with E-state index in [1.54, 1.807) is 0 Å². The van der Waals surface area contributed by atoms with E-state index in [1.807, 2.05) is 6.92 Å². The largest absolute Gasteiger partial charge is 0.508 e. The molecule has 1 aromatic carbocycles. The summed E-state index contributed by atoms with van der Waals surface area (Å²) >= 11 is 0. The molecular formula is C14H16O4. The highest BCUT2D eigenvalue weighted by Crippen LogP contribution is 2.31. The number of rotatable bonds is 6. The van der Waals surface area contributed by atoms with Gasteiger partial charge in [0.1, 0.15) is 18.1 Å². The zero-order valence-electron chi connectivity index (χ0n) is 10.3. The van der Waals surface area contributed by atoms with Crippen molar-refractivity contribution in [1.82, 2.24) is 0 Å². The van der Waals surface area contributed by atoms with Gasteiger partial charge in [-0.25, -0.2) is 4.79 Å². The molecule has 0 aliphatic carbocycles. The monoisotopic (exact) mass is 248 g/mol. The number of unbranched alkanes of at least 4 members (excludes halogenated alkanes) is 1. The molecule has 0 aliphatic rings. The van der Waals surface area contributed by atoms with Crippen LogP contribution in [0.15, 0.2) is 12.1 Å². The maximum atomic E-state index is 10.9. The summed E-state index contributed by atoms with van der Waals surface area (Å²) in [6, 6.07) is 2.63. The molecule has 0 radical (unpaired) electrons. The van der Waals surface area contributed by atoms with Crippen LogP contribution >= 0.6 is 0 Å². The van der Waals surface area contributed by atoms with Gasteiger partial charge in [-0.3, -0.25) is 0 Å². The standard InChI is InChI=1S/C14H16O4/c1-3-5-6-11-12(15)8-10(14(16)17)9-13(11)18-7-4-2/h2,8-9,15H,3,5-7H2,1H3,(H,16,17). The van der Waals surface area contributed by atoms with Gasteiger partial charge in [0.2, 0.25) is 0 Å². The van der Waals surface area contributed by atoms with Crippen molar-refractivity contribution in [1.29, 1.82) is 0 Å². The Labute approximate surface area is 106 Å². The maximum Gasteiger partial charge on any atom is 0.335 e. The number of terminal acetylenes is 1.